The first-order valence-electron chi connectivity index (χ1n) is 5.60. The molecule has 0 saturated heterocycles. The number of hydrogen-bond acceptors (Lipinski definition) is 3. The summed E-state index contributed by atoms with van der Waals surface area (Å²) in [6.45, 7) is 0.443. The van der Waals surface area contributed by atoms with E-state index < -0.39 is 0 Å². The summed E-state index contributed by atoms with van der Waals surface area (Å²) < 4.78 is 5.02. The Morgan fingerprint density at radius 2 is 2.25 bits per heavy atom. The van der Waals surface area contributed by atoms with Crippen molar-refractivity contribution in [2.45, 2.75) is 18.9 Å². The van der Waals surface area contributed by atoms with Gasteiger partial charge in [0.15, 0.2) is 5.78 Å². The van der Waals surface area contributed by atoms with E-state index >= 15 is 0 Å². The normalized spacial score (nSPS) is 21.6. The lowest BCUT2D eigenvalue weighted by molar-refractivity contribution is 0.0825. The van der Waals surface area contributed by atoms with Crippen molar-refractivity contribution in [2.24, 2.45) is 11.7 Å². The summed E-state index contributed by atoms with van der Waals surface area (Å²) >= 11 is 0. The molecule has 1 aromatic rings. The second-order valence-corrected chi connectivity index (χ2v) is 4.29. The second-order valence-electron chi connectivity index (χ2n) is 4.29. The molecule has 3 nitrogen and oxygen atoms in total. The van der Waals surface area contributed by atoms with Gasteiger partial charge in [0.1, 0.15) is 0 Å². The van der Waals surface area contributed by atoms with E-state index in [0.29, 0.717) is 6.61 Å². The van der Waals surface area contributed by atoms with E-state index in [1.54, 1.807) is 7.11 Å². The molecule has 1 aromatic carbocycles. The molecular weight excluding hydrogens is 202 g/mol. The lowest BCUT2D eigenvalue weighted by Gasteiger charge is -2.27. The number of ketones is 1. The Morgan fingerprint density at radius 3 is 3.00 bits per heavy atom. The van der Waals surface area contributed by atoms with Gasteiger partial charge in [-0.3, -0.25) is 4.79 Å². The van der Waals surface area contributed by atoms with Crippen LogP contribution >= 0.6 is 0 Å². The molecule has 0 amide bonds. The number of Topliss-reactive ketones (excluding diaryl/α,β-unsaturated/α-hetero) is 1. The minimum absolute atomic E-state index is 0.0881. The van der Waals surface area contributed by atoms with E-state index in [9.17, 15) is 4.79 Å². The Bertz CT molecular complexity index is 389. The van der Waals surface area contributed by atoms with Crippen molar-refractivity contribution in [2.75, 3.05) is 13.7 Å². The SMILES string of the molecule is COCC(N)C1CCc2ccccc2C1=O. The van der Waals surface area contributed by atoms with Crippen LogP contribution in [-0.4, -0.2) is 25.5 Å². The summed E-state index contributed by atoms with van der Waals surface area (Å²) in [6.07, 6.45) is 1.77. The van der Waals surface area contributed by atoms with Crippen LogP contribution in [0, 0.1) is 5.92 Å². The maximum atomic E-state index is 12.2. The fourth-order valence-corrected chi connectivity index (χ4v) is 2.34. The third-order valence-electron chi connectivity index (χ3n) is 3.22. The number of methoxy groups -OCH3 is 1. The fraction of sp³-hybridized carbons (Fsp3) is 0.462. The summed E-state index contributed by atoms with van der Waals surface area (Å²) in [6, 6.07) is 7.60. The molecule has 0 spiro atoms. The summed E-state index contributed by atoms with van der Waals surface area (Å²) in [5, 5.41) is 0. The minimum Gasteiger partial charge on any atom is -0.383 e. The number of ether oxygens (including phenoxy) is 1. The highest BCUT2D eigenvalue weighted by Gasteiger charge is 2.31. The first-order valence-corrected chi connectivity index (χ1v) is 5.60. The summed E-state index contributed by atoms with van der Waals surface area (Å²) in [5.41, 5.74) is 7.95. The summed E-state index contributed by atoms with van der Waals surface area (Å²) in [7, 11) is 1.61. The number of nitrogens with two attached hydrogens (primary N) is 1. The topological polar surface area (TPSA) is 52.3 Å². The molecule has 86 valence electrons. The molecule has 0 radical (unpaired) electrons. The van der Waals surface area contributed by atoms with Gasteiger partial charge < -0.3 is 10.5 Å². The zero-order chi connectivity index (χ0) is 11.5. The van der Waals surface area contributed by atoms with Crippen molar-refractivity contribution in [1.29, 1.82) is 0 Å². The predicted octanol–water partition coefficient (Wildman–Crippen LogP) is 1.41. The molecule has 16 heavy (non-hydrogen) atoms. The van der Waals surface area contributed by atoms with E-state index in [2.05, 4.69) is 0 Å². The second kappa shape index (κ2) is 4.76. The highest BCUT2D eigenvalue weighted by atomic mass is 16.5. The fourth-order valence-electron chi connectivity index (χ4n) is 2.34. The quantitative estimate of drug-likeness (QED) is 0.836. The Balaban J connectivity index is 2.21. The van der Waals surface area contributed by atoms with Crippen molar-refractivity contribution in [1.82, 2.24) is 0 Å². The molecule has 0 fully saturated rings. The largest absolute Gasteiger partial charge is 0.383 e. The Hall–Kier alpha value is -1.19. The minimum atomic E-state index is -0.189. The van der Waals surface area contributed by atoms with Crippen molar-refractivity contribution < 1.29 is 9.53 Å². The Labute approximate surface area is 95.6 Å². The maximum Gasteiger partial charge on any atom is 0.167 e. The molecule has 0 saturated carbocycles. The average Bonchev–Trinajstić information content (AvgIpc) is 2.30. The van der Waals surface area contributed by atoms with E-state index in [1.807, 2.05) is 24.3 Å². The Morgan fingerprint density at radius 1 is 1.50 bits per heavy atom. The number of carbonyl (C=O) groups is 1. The number of benzene rings is 1. The molecular formula is C13H17NO2. The van der Waals surface area contributed by atoms with Gasteiger partial charge in [-0.25, -0.2) is 0 Å². The van der Waals surface area contributed by atoms with Gasteiger partial charge in [-0.2, -0.15) is 0 Å². The average molecular weight is 219 g/mol. The van der Waals surface area contributed by atoms with Crippen LogP contribution < -0.4 is 5.73 Å². The number of carbonyl (C=O) groups excluding carboxylic acids is 1. The first kappa shape index (κ1) is 11.3. The lowest BCUT2D eigenvalue weighted by Crippen LogP contribution is -2.41. The van der Waals surface area contributed by atoms with E-state index in [1.165, 1.54) is 0 Å². The van der Waals surface area contributed by atoms with Gasteiger partial charge in [0.25, 0.3) is 0 Å². The van der Waals surface area contributed by atoms with Crippen LogP contribution in [0.25, 0.3) is 0 Å². The predicted molar refractivity (Wildman–Crippen MR) is 62.4 cm³/mol. The molecule has 2 N–H and O–H groups in total. The highest BCUT2D eigenvalue weighted by molar-refractivity contribution is 6.00. The van der Waals surface area contributed by atoms with E-state index in [0.717, 1.165) is 24.0 Å². The lowest BCUT2D eigenvalue weighted by atomic mass is 9.79. The molecule has 2 atom stereocenters. The number of fused-ring (bicyclic) bond motifs is 1. The van der Waals surface area contributed by atoms with Gasteiger partial charge in [-0.15, -0.1) is 0 Å². The molecule has 0 aromatic heterocycles. The monoisotopic (exact) mass is 219 g/mol. The molecule has 0 bridgehead atoms. The zero-order valence-corrected chi connectivity index (χ0v) is 9.48. The van der Waals surface area contributed by atoms with Gasteiger partial charge >= 0.3 is 0 Å². The van der Waals surface area contributed by atoms with Crippen LogP contribution in [0.4, 0.5) is 0 Å². The third kappa shape index (κ3) is 2.01. The van der Waals surface area contributed by atoms with Crippen LogP contribution in [0.15, 0.2) is 24.3 Å². The summed E-state index contributed by atoms with van der Waals surface area (Å²) in [4.78, 5) is 12.2. The standard InChI is InChI=1S/C13H17NO2/c1-16-8-12(14)11-7-6-9-4-2-3-5-10(9)13(11)15/h2-5,11-12H,6-8,14H2,1H3. The molecule has 0 aliphatic heterocycles. The Kier molecular flexibility index (Phi) is 3.36. The molecule has 0 heterocycles. The smallest absolute Gasteiger partial charge is 0.167 e. The van der Waals surface area contributed by atoms with E-state index in [-0.39, 0.29) is 17.7 Å². The third-order valence-corrected chi connectivity index (χ3v) is 3.22. The van der Waals surface area contributed by atoms with Gasteiger partial charge in [-0.1, -0.05) is 24.3 Å². The van der Waals surface area contributed by atoms with Crippen molar-refractivity contribution in [3.8, 4) is 0 Å². The van der Waals surface area contributed by atoms with Crippen LogP contribution in [0.1, 0.15) is 22.3 Å². The molecule has 2 unspecified atom stereocenters. The van der Waals surface area contributed by atoms with Crippen LogP contribution in [0.2, 0.25) is 0 Å². The molecule has 3 heteroatoms. The number of aryl methyl sites for hydroxylation is 1. The zero-order valence-electron chi connectivity index (χ0n) is 9.48. The molecule has 1 aliphatic carbocycles. The molecule has 1 aliphatic rings. The van der Waals surface area contributed by atoms with Crippen molar-refractivity contribution >= 4 is 5.78 Å². The van der Waals surface area contributed by atoms with Gasteiger partial charge in [0.05, 0.1) is 6.61 Å². The van der Waals surface area contributed by atoms with Gasteiger partial charge in [0, 0.05) is 24.6 Å². The highest BCUT2D eigenvalue weighted by Crippen LogP contribution is 2.26. The summed E-state index contributed by atoms with van der Waals surface area (Å²) in [5.74, 6) is 0.0845. The van der Waals surface area contributed by atoms with Crippen molar-refractivity contribution in [3.63, 3.8) is 0 Å². The van der Waals surface area contributed by atoms with Crippen LogP contribution in [0.3, 0.4) is 0 Å². The maximum absolute atomic E-state index is 12.2. The van der Waals surface area contributed by atoms with E-state index in [4.69, 9.17) is 10.5 Å². The van der Waals surface area contributed by atoms with Gasteiger partial charge in [-0.05, 0) is 18.4 Å². The van der Waals surface area contributed by atoms with Gasteiger partial charge in [0.2, 0.25) is 0 Å². The van der Waals surface area contributed by atoms with Crippen LogP contribution in [0.5, 0.6) is 0 Å². The first-order chi connectivity index (χ1) is 7.74. The number of hydrogen-bond donors (Lipinski definition) is 1. The van der Waals surface area contributed by atoms with Crippen LogP contribution in [-0.2, 0) is 11.2 Å². The number of rotatable bonds is 3. The molecule has 2 rings (SSSR count). The van der Waals surface area contributed by atoms with Crippen molar-refractivity contribution in [3.05, 3.63) is 35.4 Å².